The summed E-state index contributed by atoms with van der Waals surface area (Å²) in [5, 5.41) is 26.1. The number of thiophene rings is 1. The molecule has 1 heterocycles. The molecule has 1 unspecified atom stereocenters. The molecule has 1 aromatic heterocycles. The Balaban J connectivity index is 2.75. The lowest BCUT2D eigenvalue weighted by Crippen LogP contribution is -2.33. The van der Waals surface area contributed by atoms with Crippen molar-refractivity contribution in [1.29, 1.82) is 5.26 Å². The van der Waals surface area contributed by atoms with E-state index in [0.29, 0.717) is 4.88 Å². The van der Waals surface area contributed by atoms with Crippen molar-refractivity contribution >= 4 is 21.4 Å². The molecule has 0 aliphatic heterocycles. The Kier molecular flexibility index (Phi) is 4.40. The largest absolute Gasteiger partial charge is 0.394 e. The first-order chi connectivity index (χ1) is 7.49. The molecule has 0 amide bonds. The van der Waals surface area contributed by atoms with Gasteiger partial charge in [0.05, 0.1) is 12.7 Å². The maximum absolute atomic E-state index is 11.6. The Morgan fingerprint density at radius 3 is 2.75 bits per heavy atom. The summed E-state index contributed by atoms with van der Waals surface area (Å²) in [6, 6.07) is 4.55. The standard InChI is InChI=1S/C8H10N2O4S2/c9-3-7-1-2-8(15-7)16(13,14)10-4-6(12)5-11/h1-2,6,10-12H,4-5H2. The van der Waals surface area contributed by atoms with Crippen LogP contribution in [0.4, 0.5) is 0 Å². The molecule has 6 nitrogen and oxygen atoms in total. The van der Waals surface area contributed by atoms with Crippen molar-refractivity contribution in [2.24, 2.45) is 0 Å². The smallest absolute Gasteiger partial charge is 0.250 e. The Morgan fingerprint density at radius 1 is 1.56 bits per heavy atom. The highest BCUT2D eigenvalue weighted by molar-refractivity contribution is 7.91. The maximum Gasteiger partial charge on any atom is 0.250 e. The third kappa shape index (κ3) is 3.26. The van der Waals surface area contributed by atoms with Crippen LogP contribution < -0.4 is 4.72 Å². The molecule has 0 radical (unpaired) electrons. The minimum atomic E-state index is -3.71. The van der Waals surface area contributed by atoms with E-state index in [4.69, 9.17) is 15.5 Å². The van der Waals surface area contributed by atoms with Gasteiger partial charge in [0.25, 0.3) is 0 Å². The molecule has 1 rings (SSSR count). The summed E-state index contributed by atoms with van der Waals surface area (Å²) in [5.41, 5.74) is 0. The number of aliphatic hydroxyl groups is 2. The number of nitrogens with one attached hydrogen (secondary N) is 1. The van der Waals surface area contributed by atoms with E-state index in [1.165, 1.54) is 12.1 Å². The molecule has 3 N–H and O–H groups in total. The minimum Gasteiger partial charge on any atom is -0.394 e. The molecular formula is C8H10N2O4S2. The van der Waals surface area contributed by atoms with Crippen LogP contribution in [0.25, 0.3) is 0 Å². The number of sulfonamides is 1. The summed E-state index contributed by atoms with van der Waals surface area (Å²) in [6.07, 6.45) is -1.13. The van der Waals surface area contributed by atoms with Gasteiger partial charge in [-0.1, -0.05) is 0 Å². The lowest BCUT2D eigenvalue weighted by molar-refractivity contribution is 0.0988. The van der Waals surface area contributed by atoms with Crippen LogP contribution >= 0.6 is 11.3 Å². The predicted octanol–water partition coefficient (Wildman–Crippen LogP) is -0.749. The van der Waals surface area contributed by atoms with Gasteiger partial charge in [-0.2, -0.15) is 5.26 Å². The van der Waals surface area contributed by atoms with E-state index in [9.17, 15) is 8.42 Å². The molecule has 0 spiro atoms. The molecule has 0 saturated heterocycles. The fraction of sp³-hybridized carbons (Fsp3) is 0.375. The highest BCUT2D eigenvalue weighted by Gasteiger charge is 2.17. The SMILES string of the molecule is N#Cc1ccc(S(=O)(=O)NCC(O)CO)s1. The van der Waals surface area contributed by atoms with E-state index in [2.05, 4.69) is 4.72 Å². The van der Waals surface area contributed by atoms with Gasteiger partial charge in [-0.05, 0) is 12.1 Å². The van der Waals surface area contributed by atoms with Crippen LogP contribution in [0.3, 0.4) is 0 Å². The molecule has 0 fully saturated rings. The van der Waals surface area contributed by atoms with Crippen LogP contribution in [-0.2, 0) is 10.0 Å². The number of aliphatic hydroxyl groups excluding tert-OH is 2. The van der Waals surface area contributed by atoms with Gasteiger partial charge in [-0.15, -0.1) is 11.3 Å². The van der Waals surface area contributed by atoms with Gasteiger partial charge < -0.3 is 10.2 Å². The number of hydrogen-bond donors (Lipinski definition) is 3. The Bertz CT molecular complexity index is 488. The minimum absolute atomic E-state index is 0.00851. The molecule has 0 saturated carbocycles. The number of nitrogens with zero attached hydrogens (tertiary/aromatic N) is 1. The monoisotopic (exact) mass is 262 g/mol. The van der Waals surface area contributed by atoms with Crippen molar-refractivity contribution in [3.05, 3.63) is 17.0 Å². The van der Waals surface area contributed by atoms with Gasteiger partial charge >= 0.3 is 0 Å². The molecule has 16 heavy (non-hydrogen) atoms. The van der Waals surface area contributed by atoms with E-state index in [1.54, 1.807) is 0 Å². The fourth-order valence-electron chi connectivity index (χ4n) is 0.866. The molecule has 1 aromatic rings. The molecule has 88 valence electrons. The number of nitriles is 1. The predicted molar refractivity (Wildman–Crippen MR) is 57.3 cm³/mol. The van der Waals surface area contributed by atoms with Crippen molar-refractivity contribution in [2.75, 3.05) is 13.2 Å². The first-order valence-electron chi connectivity index (χ1n) is 4.28. The van der Waals surface area contributed by atoms with Crippen LogP contribution in [0.15, 0.2) is 16.3 Å². The average Bonchev–Trinajstić information content (AvgIpc) is 2.75. The summed E-state index contributed by atoms with van der Waals surface area (Å²) >= 11 is 0.843. The molecule has 1 atom stereocenters. The van der Waals surface area contributed by atoms with Crippen molar-refractivity contribution in [1.82, 2.24) is 4.72 Å². The van der Waals surface area contributed by atoms with Crippen molar-refractivity contribution in [3.63, 3.8) is 0 Å². The van der Waals surface area contributed by atoms with Crippen molar-refractivity contribution in [3.8, 4) is 6.07 Å². The normalized spacial score (nSPS) is 13.3. The third-order valence-electron chi connectivity index (χ3n) is 1.68. The van der Waals surface area contributed by atoms with Gasteiger partial charge in [-0.3, -0.25) is 0 Å². The molecule has 0 aliphatic rings. The summed E-state index contributed by atoms with van der Waals surface area (Å²) in [7, 11) is -3.71. The van der Waals surface area contributed by atoms with Crippen LogP contribution in [0.2, 0.25) is 0 Å². The summed E-state index contributed by atoms with van der Waals surface area (Å²) in [5.74, 6) is 0. The Hall–Kier alpha value is -0.980. The van der Waals surface area contributed by atoms with E-state index in [-0.39, 0.29) is 10.8 Å². The van der Waals surface area contributed by atoms with Gasteiger partial charge in [0.2, 0.25) is 10.0 Å². The van der Waals surface area contributed by atoms with E-state index >= 15 is 0 Å². The zero-order valence-corrected chi connectivity index (χ0v) is 9.75. The van der Waals surface area contributed by atoms with E-state index in [0.717, 1.165) is 11.3 Å². The summed E-state index contributed by atoms with van der Waals surface area (Å²) in [6.45, 7) is -0.783. The van der Waals surface area contributed by atoms with Crippen LogP contribution in [-0.4, -0.2) is 37.9 Å². The average molecular weight is 262 g/mol. The zero-order valence-electron chi connectivity index (χ0n) is 8.12. The first kappa shape index (κ1) is 13.1. The zero-order chi connectivity index (χ0) is 12.2. The molecule has 8 heteroatoms. The highest BCUT2D eigenvalue weighted by Crippen LogP contribution is 2.20. The fourth-order valence-corrected chi connectivity index (χ4v) is 3.09. The quantitative estimate of drug-likeness (QED) is 0.646. The van der Waals surface area contributed by atoms with Crippen molar-refractivity contribution in [2.45, 2.75) is 10.3 Å². The Morgan fingerprint density at radius 2 is 2.25 bits per heavy atom. The maximum atomic E-state index is 11.6. The second-order valence-electron chi connectivity index (χ2n) is 2.92. The summed E-state index contributed by atoms with van der Waals surface area (Å²) in [4.78, 5) is 0.295. The van der Waals surface area contributed by atoms with Gasteiger partial charge in [0, 0.05) is 6.54 Å². The first-order valence-corrected chi connectivity index (χ1v) is 6.58. The number of hydrogen-bond acceptors (Lipinski definition) is 6. The molecule has 0 aliphatic carbocycles. The second-order valence-corrected chi connectivity index (χ2v) is 6.00. The van der Waals surface area contributed by atoms with Gasteiger partial charge in [0.1, 0.15) is 15.2 Å². The van der Waals surface area contributed by atoms with Crippen LogP contribution in [0.1, 0.15) is 4.88 Å². The molecule has 0 bridgehead atoms. The molecule has 0 aromatic carbocycles. The van der Waals surface area contributed by atoms with Crippen LogP contribution in [0.5, 0.6) is 0 Å². The van der Waals surface area contributed by atoms with Gasteiger partial charge in [0.15, 0.2) is 0 Å². The topological polar surface area (TPSA) is 110 Å². The summed E-state index contributed by atoms with van der Waals surface area (Å²) < 4.78 is 25.3. The highest BCUT2D eigenvalue weighted by atomic mass is 32.2. The third-order valence-corrected chi connectivity index (χ3v) is 4.58. The van der Waals surface area contributed by atoms with Crippen molar-refractivity contribution < 1.29 is 18.6 Å². The Labute approximate surface area is 96.8 Å². The van der Waals surface area contributed by atoms with Gasteiger partial charge in [-0.25, -0.2) is 13.1 Å². The second kappa shape index (κ2) is 5.38. The number of rotatable bonds is 5. The van der Waals surface area contributed by atoms with Crippen LogP contribution in [0, 0.1) is 11.3 Å². The van der Waals surface area contributed by atoms with E-state index in [1.807, 2.05) is 6.07 Å². The van der Waals surface area contributed by atoms with E-state index < -0.39 is 22.7 Å². The molecular weight excluding hydrogens is 252 g/mol. The lowest BCUT2D eigenvalue weighted by Gasteiger charge is -2.08. The lowest BCUT2D eigenvalue weighted by atomic mass is 10.4.